The zero-order valence-electron chi connectivity index (χ0n) is 14.6. The lowest BCUT2D eigenvalue weighted by Gasteiger charge is -2.13. The Morgan fingerprint density at radius 3 is 2.36 bits per heavy atom. The first kappa shape index (κ1) is 19.7. The van der Waals surface area contributed by atoms with Crippen LogP contribution in [-0.4, -0.2) is 11.7 Å². The molecule has 2 N–H and O–H groups in total. The van der Waals surface area contributed by atoms with Gasteiger partial charge in [-0.3, -0.25) is 0 Å². The summed E-state index contributed by atoms with van der Waals surface area (Å²) in [4.78, 5) is 11.5. The first-order valence-electron chi connectivity index (χ1n) is 8.22. The molecule has 0 radical (unpaired) electrons. The van der Waals surface area contributed by atoms with Crippen molar-refractivity contribution in [1.29, 1.82) is 0 Å². The van der Waals surface area contributed by atoms with E-state index < -0.39 is 17.4 Å². The molecule has 0 unspecified atom stereocenters. The van der Waals surface area contributed by atoms with E-state index in [2.05, 4.69) is 10.6 Å². The van der Waals surface area contributed by atoms with Crippen LogP contribution in [0.5, 0.6) is 5.75 Å². The summed E-state index contributed by atoms with van der Waals surface area (Å²) in [6.45, 7) is 2.44. The van der Waals surface area contributed by atoms with Crippen LogP contribution < -0.4 is 21.0 Å². The average Bonchev–Trinajstić information content (AvgIpc) is 2.62. The monoisotopic (exact) mass is 408 g/mol. The summed E-state index contributed by atoms with van der Waals surface area (Å²) in [7, 11) is 0. The normalized spacial score (nSPS) is 11.3. The number of halogens is 3. The Kier molecular flexibility index (Phi) is 5.55. The van der Waals surface area contributed by atoms with E-state index in [0.29, 0.717) is 24.0 Å². The van der Waals surface area contributed by atoms with Gasteiger partial charge >= 0.3 is 11.8 Å². The van der Waals surface area contributed by atoms with Gasteiger partial charge in [0.2, 0.25) is 0 Å². The van der Waals surface area contributed by atoms with E-state index in [1.165, 1.54) is 18.2 Å². The van der Waals surface area contributed by atoms with Gasteiger partial charge in [0.1, 0.15) is 11.3 Å². The molecule has 1 aromatic heterocycles. The number of ether oxygens (including phenoxy) is 1. The zero-order valence-corrected chi connectivity index (χ0v) is 15.4. The highest BCUT2D eigenvalue weighted by molar-refractivity contribution is 7.80. The van der Waals surface area contributed by atoms with Crippen molar-refractivity contribution in [1.82, 2.24) is 0 Å². The second-order valence-corrected chi connectivity index (χ2v) is 6.13. The van der Waals surface area contributed by atoms with E-state index in [1.54, 1.807) is 24.3 Å². The van der Waals surface area contributed by atoms with E-state index in [4.69, 9.17) is 21.4 Å². The number of thiocarbonyl (C=S) groups is 1. The fourth-order valence-corrected chi connectivity index (χ4v) is 2.81. The molecular formula is C19H15F3N2O3S. The maximum atomic E-state index is 13.1. The number of alkyl halides is 3. The molecule has 0 aliphatic rings. The third-order valence-corrected chi connectivity index (χ3v) is 3.94. The molecule has 0 saturated heterocycles. The van der Waals surface area contributed by atoms with Gasteiger partial charge in [-0.15, -0.1) is 0 Å². The number of nitrogens with one attached hydrogen (secondary N) is 2. The fourth-order valence-electron chi connectivity index (χ4n) is 2.57. The lowest BCUT2D eigenvalue weighted by Crippen LogP contribution is -2.19. The Labute approximate surface area is 163 Å². The maximum absolute atomic E-state index is 13.1. The Morgan fingerprint density at radius 1 is 1.07 bits per heavy atom. The van der Waals surface area contributed by atoms with E-state index in [9.17, 15) is 18.0 Å². The average molecular weight is 408 g/mol. The number of hydrogen-bond donors (Lipinski definition) is 2. The molecule has 0 fully saturated rings. The highest BCUT2D eigenvalue weighted by Gasteiger charge is 2.33. The number of fused-ring (bicyclic) bond motifs is 1. The van der Waals surface area contributed by atoms with Crippen LogP contribution in [0.4, 0.5) is 24.5 Å². The fraction of sp³-hybridized carbons (Fsp3) is 0.158. The Morgan fingerprint density at radius 2 is 1.71 bits per heavy atom. The van der Waals surface area contributed by atoms with Crippen molar-refractivity contribution in [3.8, 4) is 5.75 Å². The molecule has 0 aliphatic carbocycles. The molecule has 0 amide bonds. The molecule has 3 aromatic rings. The lowest BCUT2D eigenvalue weighted by molar-refractivity contribution is -0.136. The lowest BCUT2D eigenvalue weighted by atomic mass is 10.1. The van der Waals surface area contributed by atoms with Gasteiger partial charge in [0.15, 0.2) is 5.11 Å². The molecule has 0 spiro atoms. The number of benzene rings is 2. The van der Waals surface area contributed by atoms with Gasteiger partial charge < -0.3 is 19.8 Å². The van der Waals surface area contributed by atoms with Gasteiger partial charge in [-0.05, 0) is 55.5 Å². The summed E-state index contributed by atoms with van der Waals surface area (Å²) < 4.78 is 49.5. The van der Waals surface area contributed by atoms with Crippen LogP contribution in [0, 0.1) is 0 Å². The molecule has 28 heavy (non-hydrogen) atoms. The van der Waals surface area contributed by atoms with E-state index in [-0.39, 0.29) is 16.1 Å². The summed E-state index contributed by atoms with van der Waals surface area (Å²) in [6.07, 6.45) is -4.66. The molecule has 0 bridgehead atoms. The van der Waals surface area contributed by atoms with Gasteiger partial charge in [-0.2, -0.15) is 13.2 Å². The SMILES string of the molecule is CCOc1ccc(NC(=S)Nc2ccc3c(C(F)(F)F)cc(=O)oc3c2)cc1. The van der Waals surface area contributed by atoms with Crippen LogP contribution in [0.2, 0.25) is 0 Å². The van der Waals surface area contributed by atoms with Crippen LogP contribution in [0.1, 0.15) is 12.5 Å². The second-order valence-electron chi connectivity index (χ2n) is 5.72. The summed E-state index contributed by atoms with van der Waals surface area (Å²) in [5, 5.41) is 5.81. The summed E-state index contributed by atoms with van der Waals surface area (Å²) in [6, 6.07) is 11.5. The molecule has 0 atom stereocenters. The quantitative estimate of drug-likeness (QED) is 0.467. The van der Waals surface area contributed by atoms with Crippen LogP contribution >= 0.6 is 12.2 Å². The predicted octanol–water partition coefficient (Wildman–Crippen LogP) is 5.02. The van der Waals surface area contributed by atoms with Crippen molar-refractivity contribution in [2.24, 2.45) is 0 Å². The predicted molar refractivity (Wildman–Crippen MR) is 105 cm³/mol. The molecule has 5 nitrogen and oxygen atoms in total. The van der Waals surface area contributed by atoms with Crippen molar-refractivity contribution in [3.05, 3.63) is 64.5 Å². The highest BCUT2D eigenvalue weighted by atomic mass is 32.1. The Hall–Kier alpha value is -3.07. The van der Waals surface area contributed by atoms with E-state index in [0.717, 1.165) is 5.75 Å². The largest absolute Gasteiger partial charge is 0.494 e. The number of anilines is 2. The first-order valence-corrected chi connectivity index (χ1v) is 8.63. The molecule has 146 valence electrons. The molecule has 2 aromatic carbocycles. The molecule has 0 aliphatic heterocycles. The minimum absolute atomic E-state index is 0.186. The van der Waals surface area contributed by atoms with Crippen LogP contribution in [0.25, 0.3) is 11.0 Å². The van der Waals surface area contributed by atoms with Crippen molar-refractivity contribution in [2.45, 2.75) is 13.1 Å². The smallest absolute Gasteiger partial charge is 0.417 e. The summed E-state index contributed by atoms with van der Waals surface area (Å²) >= 11 is 5.21. The van der Waals surface area contributed by atoms with Crippen LogP contribution in [0.3, 0.4) is 0 Å². The molecule has 9 heteroatoms. The van der Waals surface area contributed by atoms with Gasteiger partial charge in [0.25, 0.3) is 0 Å². The molecule has 0 saturated carbocycles. The van der Waals surface area contributed by atoms with E-state index in [1.807, 2.05) is 6.92 Å². The Bertz CT molecular complexity index is 1060. The van der Waals surface area contributed by atoms with Gasteiger partial charge in [-0.1, -0.05) is 0 Å². The maximum Gasteiger partial charge on any atom is 0.417 e. The van der Waals surface area contributed by atoms with Crippen LogP contribution in [-0.2, 0) is 6.18 Å². The first-order chi connectivity index (χ1) is 13.3. The topological polar surface area (TPSA) is 63.5 Å². The van der Waals surface area contributed by atoms with Gasteiger partial charge in [-0.25, -0.2) is 4.79 Å². The standard InChI is InChI=1S/C19H15F3N2O3S/c1-2-26-13-6-3-11(4-7-13)23-18(28)24-12-5-8-14-15(19(20,21)22)10-17(25)27-16(14)9-12/h3-10H,2H2,1H3,(H2,23,24,28). The van der Waals surface area contributed by atoms with Crippen molar-refractivity contribution in [2.75, 3.05) is 17.2 Å². The highest BCUT2D eigenvalue weighted by Crippen LogP contribution is 2.34. The van der Waals surface area contributed by atoms with E-state index >= 15 is 0 Å². The van der Waals surface area contributed by atoms with Gasteiger partial charge in [0, 0.05) is 28.9 Å². The van der Waals surface area contributed by atoms with Crippen molar-refractivity contribution >= 4 is 39.7 Å². The second kappa shape index (κ2) is 7.89. The number of hydrogen-bond acceptors (Lipinski definition) is 4. The number of rotatable bonds is 4. The third-order valence-electron chi connectivity index (χ3n) is 3.73. The summed E-state index contributed by atoms with van der Waals surface area (Å²) in [5.41, 5.74) is -1.23. The Balaban J connectivity index is 1.78. The van der Waals surface area contributed by atoms with Crippen LogP contribution in [0.15, 0.2) is 57.7 Å². The van der Waals surface area contributed by atoms with Gasteiger partial charge in [0.05, 0.1) is 12.2 Å². The minimum atomic E-state index is -4.66. The summed E-state index contributed by atoms with van der Waals surface area (Å²) in [5.74, 6) is 0.719. The minimum Gasteiger partial charge on any atom is -0.494 e. The molecule has 1 heterocycles. The van der Waals surface area contributed by atoms with Crippen molar-refractivity contribution in [3.63, 3.8) is 0 Å². The molecular weight excluding hydrogens is 393 g/mol. The molecule has 3 rings (SSSR count). The zero-order chi connectivity index (χ0) is 20.3. The van der Waals surface area contributed by atoms with Crippen molar-refractivity contribution < 1.29 is 22.3 Å². The third kappa shape index (κ3) is 4.61.